The molecule has 2 unspecified atom stereocenters. The van der Waals surface area contributed by atoms with E-state index in [2.05, 4.69) is 86.8 Å². The van der Waals surface area contributed by atoms with E-state index >= 15 is 0 Å². The van der Waals surface area contributed by atoms with Crippen molar-refractivity contribution in [3.8, 4) is 0 Å². The van der Waals surface area contributed by atoms with Gasteiger partial charge in [-0.25, -0.2) is 0 Å². The number of quaternary nitrogens is 1. The Bertz CT molecular complexity index is 2010. The number of unbranched alkanes of at least 4 members (excludes halogenated alkanes) is 61. The molecule has 0 aliphatic rings. The molecule has 616 valence electrons. The molecule has 0 aliphatic carbocycles. The monoisotopic (exact) mass is 1490 g/mol. The largest absolute Gasteiger partial charge is 0.756 e. The fourth-order valence-electron chi connectivity index (χ4n) is 14.0. The average molecular weight is 1490 g/mol. The Morgan fingerprint density at radius 3 is 0.810 bits per heavy atom. The van der Waals surface area contributed by atoms with Gasteiger partial charge in [0.25, 0.3) is 7.82 Å². The number of likely N-dealkylation sites (N-methyl/N-ethyl adjacent to an activating group) is 1. The first-order valence-corrected chi connectivity index (χ1v) is 47.6. The predicted molar refractivity (Wildman–Crippen MR) is 457 cm³/mol. The molecule has 0 heterocycles. The molecule has 0 spiro atoms. The molecule has 10 heteroatoms. The highest BCUT2D eigenvalue weighted by Gasteiger charge is 2.22. The highest BCUT2D eigenvalue weighted by molar-refractivity contribution is 7.45. The minimum Gasteiger partial charge on any atom is -0.756 e. The van der Waals surface area contributed by atoms with Gasteiger partial charge < -0.3 is 27.9 Å². The van der Waals surface area contributed by atoms with Crippen molar-refractivity contribution in [2.24, 2.45) is 0 Å². The lowest BCUT2D eigenvalue weighted by Crippen LogP contribution is -2.37. The van der Waals surface area contributed by atoms with Crippen LogP contribution >= 0.6 is 7.82 Å². The Morgan fingerprint density at radius 1 is 0.305 bits per heavy atom. The number of allylic oxidation sites excluding steroid dienone is 12. The van der Waals surface area contributed by atoms with E-state index in [-0.39, 0.29) is 32.0 Å². The quantitative estimate of drug-likeness (QED) is 0.0195. The summed E-state index contributed by atoms with van der Waals surface area (Å²) in [6.45, 7) is 4.21. The zero-order chi connectivity index (χ0) is 76.1. The van der Waals surface area contributed by atoms with Crippen LogP contribution in [-0.2, 0) is 32.7 Å². The standard InChI is InChI=1S/C95H178NO8P/c1-6-8-10-12-14-16-18-20-22-24-26-28-30-32-34-36-38-40-42-44-46-48-50-52-54-56-58-60-62-64-66-68-70-72-74-76-78-80-82-84-86-88-95(98)104-93(92-103-105(99,100)102-90-89-96(3,4)5)91-101-94(97)87-85-83-81-79-77-75-73-71-69-67-65-63-61-59-57-55-53-51-49-47-45-43-41-39-37-35-33-31-29-27-25-23-21-19-17-15-13-11-9-7-2/h8,10,14,16,20,22,26,28,32,34,38,40,93H,6-7,9,11-13,15,17-19,21,23-25,27,29-31,33,35-37,39,41-92H2,1-5H3/b10-8-,16-14-,22-20-,28-26-,34-32-,40-38-. The zero-order valence-corrected chi connectivity index (χ0v) is 71.6. The molecular formula is C95H178NO8P. The van der Waals surface area contributed by atoms with Crippen molar-refractivity contribution in [1.29, 1.82) is 0 Å². The number of rotatable bonds is 87. The minimum absolute atomic E-state index is 0.0282. The van der Waals surface area contributed by atoms with Crippen molar-refractivity contribution in [3.05, 3.63) is 72.9 Å². The van der Waals surface area contributed by atoms with Crippen molar-refractivity contribution in [3.63, 3.8) is 0 Å². The topological polar surface area (TPSA) is 111 Å². The van der Waals surface area contributed by atoms with Gasteiger partial charge in [-0.2, -0.15) is 0 Å². The fourth-order valence-corrected chi connectivity index (χ4v) is 14.8. The van der Waals surface area contributed by atoms with Gasteiger partial charge in [0, 0.05) is 12.8 Å². The van der Waals surface area contributed by atoms with Crippen LogP contribution in [0.4, 0.5) is 0 Å². The van der Waals surface area contributed by atoms with Gasteiger partial charge in [-0.3, -0.25) is 14.2 Å². The van der Waals surface area contributed by atoms with E-state index in [1.165, 1.54) is 366 Å². The van der Waals surface area contributed by atoms with E-state index < -0.39 is 26.5 Å². The number of phosphoric ester groups is 1. The van der Waals surface area contributed by atoms with Gasteiger partial charge in [-0.15, -0.1) is 0 Å². The van der Waals surface area contributed by atoms with Crippen LogP contribution in [0.3, 0.4) is 0 Å². The first kappa shape index (κ1) is 102. The van der Waals surface area contributed by atoms with Crippen LogP contribution in [0.15, 0.2) is 72.9 Å². The Balaban J connectivity index is 3.83. The molecule has 0 aliphatic heterocycles. The zero-order valence-electron chi connectivity index (χ0n) is 70.7. The molecule has 0 aromatic carbocycles. The molecule has 0 fully saturated rings. The van der Waals surface area contributed by atoms with Gasteiger partial charge in [0.2, 0.25) is 0 Å². The van der Waals surface area contributed by atoms with E-state index in [9.17, 15) is 19.0 Å². The third-order valence-corrected chi connectivity index (χ3v) is 22.0. The molecule has 0 bridgehead atoms. The fraction of sp³-hybridized carbons (Fsp3) is 0.853. The molecule has 0 aromatic rings. The summed E-state index contributed by atoms with van der Waals surface area (Å²) in [7, 11) is 1.19. The van der Waals surface area contributed by atoms with E-state index in [1.807, 2.05) is 21.1 Å². The Morgan fingerprint density at radius 2 is 0.543 bits per heavy atom. The van der Waals surface area contributed by atoms with Crippen LogP contribution in [0.1, 0.15) is 470 Å². The van der Waals surface area contributed by atoms with Crippen LogP contribution < -0.4 is 4.89 Å². The van der Waals surface area contributed by atoms with Crippen molar-refractivity contribution < 1.29 is 42.1 Å². The average Bonchev–Trinajstić information content (AvgIpc) is 0.935. The highest BCUT2D eigenvalue weighted by atomic mass is 31.2. The first-order chi connectivity index (χ1) is 51.5. The summed E-state index contributed by atoms with van der Waals surface area (Å²) in [4.78, 5) is 38.3. The van der Waals surface area contributed by atoms with Crippen LogP contribution in [-0.4, -0.2) is 70.0 Å². The summed E-state index contributed by atoms with van der Waals surface area (Å²) in [5, 5.41) is 0. The number of hydrogen-bond acceptors (Lipinski definition) is 8. The third kappa shape index (κ3) is 90.2. The molecule has 0 radical (unpaired) electrons. The minimum atomic E-state index is -4.65. The molecule has 0 N–H and O–H groups in total. The van der Waals surface area contributed by atoms with Gasteiger partial charge >= 0.3 is 11.9 Å². The molecular weight excluding hydrogens is 1310 g/mol. The second-order valence-electron chi connectivity index (χ2n) is 32.7. The van der Waals surface area contributed by atoms with E-state index in [1.54, 1.807) is 0 Å². The molecule has 0 saturated heterocycles. The maximum absolute atomic E-state index is 12.9. The number of carbonyl (C=O) groups is 2. The van der Waals surface area contributed by atoms with Crippen LogP contribution in [0.5, 0.6) is 0 Å². The van der Waals surface area contributed by atoms with Gasteiger partial charge in [0.15, 0.2) is 6.10 Å². The molecule has 0 aromatic heterocycles. The highest BCUT2D eigenvalue weighted by Crippen LogP contribution is 2.38. The lowest BCUT2D eigenvalue weighted by molar-refractivity contribution is -0.870. The second kappa shape index (κ2) is 85.5. The van der Waals surface area contributed by atoms with Crippen molar-refractivity contribution in [2.45, 2.75) is 476 Å². The van der Waals surface area contributed by atoms with E-state index in [4.69, 9.17) is 18.5 Å². The molecule has 2 atom stereocenters. The van der Waals surface area contributed by atoms with E-state index in [0.29, 0.717) is 17.4 Å². The Hall–Kier alpha value is -2.55. The predicted octanol–water partition coefficient (Wildman–Crippen LogP) is 30.7. The van der Waals surface area contributed by atoms with Gasteiger partial charge in [0.05, 0.1) is 27.7 Å². The maximum Gasteiger partial charge on any atom is 0.306 e. The van der Waals surface area contributed by atoms with Crippen LogP contribution in [0.2, 0.25) is 0 Å². The van der Waals surface area contributed by atoms with Crippen LogP contribution in [0.25, 0.3) is 0 Å². The van der Waals surface area contributed by atoms with Crippen molar-refractivity contribution in [1.82, 2.24) is 0 Å². The Labute approximate surface area is 654 Å². The summed E-state index contributed by atoms with van der Waals surface area (Å²) in [5.74, 6) is -0.806. The molecule has 105 heavy (non-hydrogen) atoms. The summed E-state index contributed by atoms with van der Waals surface area (Å²) in [6.07, 6.45) is 118. The Kier molecular flexibility index (Phi) is 83.4. The number of hydrogen-bond donors (Lipinski definition) is 0. The summed E-state index contributed by atoms with van der Waals surface area (Å²) < 4.78 is 34.5. The lowest BCUT2D eigenvalue weighted by Gasteiger charge is -2.28. The summed E-state index contributed by atoms with van der Waals surface area (Å²) in [5.41, 5.74) is 0. The normalized spacial score (nSPS) is 13.2. The third-order valence-electron chi connectivity index (χ3n) is 21.0. The number of phosphoric acid groups is 1. The summed E-state index contributed by atoms with van der Waals surface area (Å²) >= 11 is 0. The molecule has 0 amide bonds. The van der Waals surface area contributed by atoms with Crippen molar-refractivity contribution in [2.75, 3.05) is 47.5 Å². The number of esters is 2. The second-order valence-corrected chi connectivity index (χ2v) is 34.1. The van der Waals surface area contributed by atoms with Gasteiger partial charge in [0.1, 0.15) is 19.8 Å². The summed E-state index contributed by atoms with van der Waals surface area (Å²) in [6, 6.07) is 0. The van der Waals surface area contributed by atoms with E-state index in [0.717, 1.165) is 70.6 Å². The first-order valence-electron chi connectivity index (χ1n) is 46.1. The SMILES string of the molecule is CC/C=C\C/C=C\C/C=C\C/C=C\C/C=C\C/C=C\CCCCCCCCCCCCCCCCCCCCCCCCC(=O)OC(COC(=O)CCCCCCCCCCCCCCCCCCCCCCCCCCCCCCCCCCCCCCCCCC)COP(=O)([O-])OCC[N+](C)(C)C. The maximum atomic E-state index is 12.9. The smallest absolute Gasteiger partial charge is 0.306 e. The van der Waals surface area contributed by atoms with Gasteiger partial charge in [-0.1, -0.05) is 466 Å². The lowest BCUT2D eigenvalue weighted by atomic mass is 10.0. The van der Waals surface area contributed by atoms with Crippen molar-refractivity contribution >= 4 is 19.8 Å². The number of ether oxygens (including phenoxy) is 2. The number of carbonyl (C=O) groups excluding carboxylic acids is 2. The molecule has 0 rings (SSSR count). The molecule has 9 nitrogen and oxygen atoms in total. The molecule has 0 saturated carbocycles. The van der Waals surface area contributed by atoms with Crippen LogP contribution in [0, 0.1) is 0 Å². The van der Waals surface area contributed by atoms with Gasteiger partial charge in [-0.05, 0) is 64.2 Å². The number of nitrogens with zero attached hydrogens (tertiary/aromatic N) is 1.